The van der Waals surface area contributed by atoms with Crippen molar-refractivity contribution in [2.45, 2.75) is 26.2 Å². The number of alkyl halides is 3. The Kier molecular flexibility index (Phi) is 2.41. The number of halogens is 3. The molecule has 2 aromatic rings. The van der Waals surface area contributed by atoms with Gasteiger partial charge in [0, 0.05) is 36.2 Å². The first-order valence-electron chi connectivity index (χ1n) is 5.88. The Morgan fingerprint density at radius 2 is 2.06 bits per heavy atom. The molecule has 0 atom stereocenters. The minimum absolute atomic E-state index is 0.575. The zero-order valence-electron chi connectivity index (χ0n) is 9.93. The van der Waals surface area contributed by atoms with Crippen LogP contribution in [0.15, 0.2) is 18.2 Å². The van der Waals surface area contributed by atoms with Gasteiger partial charge in [0.05, 0.1) is 5.56 Å². The lowest BCUT2D eigenvalue weighted by atomic mass is 10.1. The van der Waals surface area contributed by atoms with Crippen molar-refractivity contribution >= 4 is 10.9 Å². The van der Waals surface area contributed by atoms with E-state index in [1.807, 2.05) is 11.5 Å². The van der Waals surface area contributed by atoms with Crippen LogP contribution in [-0.2, 0) is 19.3 Å². The maximum absolute atomic E-state index is 12.7. The second-order valence-electron chi connectivity index (χ2n) is 4.63. The number of aromatic nitrogens is 1. The van der Waals surface area contributed by atoms with Crippen molar-refractivity contribution in [2.24, 2.45) is 0 Å². The van der Waals surface area contributed by atoms with Crippen molar-refractivity contribution in [1.82, 2.24) is 9.88 Å². The number of nitrogens with zero attached hydrogens (tertiary/aromatic N) is 1. The fourth-order valence-corrected chi connectivity index (χ4v) is 2.63. The summed E-state index contributed by atoms with van der Waals surface area (Å²) in [6.45, 7) is 4.21. The van der Waals surface area contributed by atoms with Crippen LogP contribution < -0.4 is 5.32 Å². The molecule has 1 aliphatic heterocycles. The van der Waals surface area contributed by atoms with Gasteiger partial charge in [-0.25, -0.2) is 0 Å². The van der Waals surface area contributed by atoms with E-state index in [0.29, 0.717) is 5.52 Å². The molecule has 0 amide bonds. The monoisotopic (exact) mass is 254 g/mol. The molecule has 0 fully saturated rings. The molecule has 18 heavy (non-hydrogen) atoms. The second kappa shape index (κ2) is 3.75. The van der Waals surface area contributed by atoms with Crippen LogP contribution in [-0.4, -0.2) is 11.1 Å². The highest BCUT2D eigenvalue weighted by atomic mass is 19.4. The molecule has 0 spiro atoms. The molecule has 0 saturated carbocycles. The summed E-state index contributed by atoms with van der Waals surface area (Å²) in [5.74, 6) is 0. The average Bonchev–Trinajstić information content (AvgIpc) is 2.63. The predicted molar refractivity (Wildman–Crippen MR) is 63.4 cm³/mol. The number of nitrogens with one attached hydrogen (secondary N) is 1. The standard InChI is InChI=1S/C13H13F3N2/c1-8-10-3-2-9(13(14,15)16)6-11(10)18-5-4-17-7-12(8)18/h2-3,6,17H,4-5,7H2,1H3. The third kappa shape index (κ3) is 1.61. The maximum Gasteiger partial charge on any atom is 0.416 e. The highest BCUT2D eigenvalue weighted by Crippen LogP contribution is 2.34. The summed E-state index contributed by atoms with van der Waals surface area (Å²) >= 11 is 0. The molecule has 1 N–H and O–H groups in total. The molecule has 2 heterocycles. The van der Waals surface area contributed by atoms with Crippen LogP contribution in [0.3, 0.4) is 0 Å². The molecule has 5 heteroatoms. The number of rotatable bonds is 0. The Bertz CT molecular complexity index is 611. The normalized spacial score (nSPS) is 16.0. The molecule has 1 aromatic carbocycles. The lowest BCUT2D eigenvalue weighted by molar-refractivity contribution is -0.137. The summed E-state index contributed by atoms with van der Waals surface area (Å²) in [5, 5.41) is 4.16. The van der Waals surface area contributed by atoms with Gasteiger partial charge in [0.2, 0.25) is 0 Å². The van der Waals surface area contributed by atoms with Crippen molar-refractivity contribution in [3.63, 3.8) is 0 Å². The number of hydrogen-bond acceptors (Lipinski definition) is 1. The van der Waals surface area contributed by atoms with Crippen LogP contribution in [0.2, 0.25) is 0 Å². The fraction of sp³-hybridized carbons (Fsp3) is 0.385. The van der Waals surface area contributed by atoms with Crippen molar-refractivity contribution < 1.29 is 13.2 Å². The van der Waals surface area contributed by atoms with Crippen molar-refractivity contribution in [3.05, 3.63) is 35.0 Å². The molecule has 1 aromatic heterocycles. The predicted octanol–water partition coefficient (Wildman–Crippen LogP) is 3.07. The first-order valence-corrected chi connectivity index (χ1v) is 5.88. The molecule has 1 aliphatic rings. The summed E-state index contributed by atoms with van der Waals surface area (Å²) in [4.78, 5) is 0. The van der Waals surface area contributed by atoms with E-state index in [2.05, 4.69) is 5.32 Å². The number of aryl methyl sites for hydroxylation is 1. The number of benzene rings is 1. The highest BCUT2D eigenvalue weighted by molar-refractivity contribution is 5.86. The molecule has 0 radical (unpaired) electrons. The number of fused-ring (bicyclic) bond motifs is 3. The molecule has 0 unspecified atom stereocenters. The molecular formula is C13H13F3N2. The van der Waals surface area contributed by atoms with Crippen LogP contribution in [0, 0.1) is 6.92 Å². The van der Waals surface area contributed by atoms with E-state index in [1.165, 1.54) is 6.07 Å². The highest BCUT2D eigenvalue weighted by Gasteiger charge is 2.31. The topological polar surface area (TPSA) is 17.0 Å². The van der Waals surface area contributed by atoms with Gasteiger partial charge in [0.1, 0.15) is 0 Å². The summed E-state index contributed by atoms with van der Waals surface area (Å²) in [6.07, 6.45) is -4.28. The van der Waals surface area contributed by atoms with Crippen LogP contribution in [0.4, 0.5) is 13.2 Å². The first kappa shape index (κ1) is 11.6. The summed E-state index contributed by atoms with van der Waals surface area (Å²) in [6, 6.07) is 4.00. The molecule has 0 bridgehead atoms. The lowest BCUT2D eigenvalue weighted by Crippen LogP contribution is -2.28. The Morgan fingerprint density at radius 3 is 2.78 bits per heavy atom. The van der Waals surface area contributed by atoms with E-state index in [4.69, 9.17) is 0 Å². The van der Waals surface area contributed by atoms with Crippen molar-refractivity contribution in [3.8, 4) is 0 Å². The maximum atomic E-state index is 12.7. The summed E-state index contributed by atoms with van der Waals surface area (Å²) in [5.41, 5.74) is 2.29. The van der Waals surface area contributed by atoms with Crippen LogP contribution in [0.1, 0.15) is 16.8 Å². The molecule has 2 nitrogen and oxygen atoms in total. The largest absolute Gasteiger partial charge is 0.416 e. The first-order chi connectivity index (χ1) is 8.48. The zero-order valence-corrected chi connectivity index (χ0v) is 9.93. The summed E-state index contributed by atoms with van der Waals surface area (Å²) < 4.78 is 40.2. The van der Waals surface area contributed by atoms with E-state index in [1.54, 1.807) is 6.07 Å². The Morgan fingerprint density at radius 1 is 1.28 bits per heavy atom. The van der Waals surface area contributed by atoms with Crippen LogP contribution in [0.5, 0.6) is 0 Å². The van der Waals surface area contributed by atoms with E-state index in [0.717, 1.165) is 42.3 Å². The third-order valence-corrected chi connectivity index (χ3v) is 3.58. The van der Waals surface area contributed by atoms with E-state index >= 15 is 0 Å². The van der Waals surface area contributed by atoms with Gasteiger partial charge in [0.15, 0.2) is 0 Å². The van der Waals surface area contributed by atoms with Gasteiger partial charge in [-0.2, -0.15) is 13.2 Å². The number of hydrogen-bond donors (Lipinski definition) is 1. The lowest BCUT2D eigenvalue weighted by Gasteiger charge is -2.18. The van der Waals surface area contributed by atoms with Crippen LogP contribution in [0.25, 0.3) is 10.9 Å². The van der Waals surface area contributed by atoms with E-state index in [-0.39, 0.29) is 0 Å². The quantitative estimate of drug-likeness (QED) is 0.764. The Labute approximate surface area is 102 Å². The SMILES string of the molecule is Cc1c2n(c3cc(C(F)(F)F)ccc13)CCNC2. The van der Waals surface area contributed by atoms with Crippen LogP contribution >= 0.6 is 0 Å². The van der Waals surface area contributed by atoms with E-state index < -0.39 is 11.7 Å². The van der Waals surface area contributed by atoms with Gasteiger partial charge in [0.25, 0.3) is 0 Å². The molecular weight excluding hydrogens is 241 g/mol. The molecule has 0 saturated heterocycles. The zero-order chi connectivity index (χ0) is 12.9. The Balaban J connectivity index is 2.28. The van der Waals surface area contributed by atoms with Gasteiger partial charge < -0.3 is 9.88 Å². The fourth-order valence-electron chi connectivity index (χ4n) is 2.63. The van der Waals surface area contributed by atoms with E-state index in [9.17, 15) is 13.2 Å². The average molecular weight is 254 g/mol. The van der Waals surface area contributed by atoms with Gasteiger partial charge in [-0.15, -0.1) is 0 Å². The third-order valence-electron chi connectivity index (χ3n) is 3.58. The molecule has 3 rings (SSSR count). The van der Waals surface area contributed by atoms with Gasteiger partial charge in [-0.3, -0.25) is 0 Å². The Hall–Kier alpha value is -1.49. The smallest absolute Gasteiger partial charge is 0.342 e. The minimum Gasteiger partial charge on any atom is -0.342 e. The van der Waals surface area contributed by atoms with Gasteiger partial charge >= 0.3 is 6.18 Å². The van der Waals surface area contributed by atoms with Gasteiger partial charge in [-0.05, 0) is 24.6 Å². The second-order valence-corrected chi connectivity index (χ2v) is 4.63. The van der Waals surface area contributed by atoms with Crippen molar-refractivity contribution in [2.75, 3.05) is 6.54 Å². The van der Waals surface area contributed by atoms with Crippen molar-refractivity contribution in [1.29, 1.82) is 0 Å². The molecule has 0 aliphatic carbocycles. The molecule has 96 valence electrons. The van der Waals surface area contributed by atoms with Gasteiger partial charge in [-0.1, -0.05) is 6.07 Å². The summed E-state index contributed by atoms with van der Waals surface area (Å²) in [7, 11) is 0. The minimum atomic E-state index is -4.28.